The van der Waals surface area contributed by atoms with Crippen LogP contribution in [0.3, 0.4) is 0 Å². The fraction of sp³-hybridized carbons (Fsp3) is 0.857. The number of hydrogen-bond acceptors (Lipinski definition) is 2. The van der Waals surface area contributed by atoms with Gasteiger partial charge in [0.05, 0.1) is 13.2 Å². The van der Waals surface area contributed by atoms with Crippen LogP contribution in [0.2, 0.25) is 0 Å². The number of ether oxygens (including phenoxy) is 2. The van der Waals surface area contributed by atoms with Crippen LogP contribution in [0.1, 0.15) is 20.3 Å². The molecule has 1 saturated heterocycles. The first-order valence-electron chi connectivity index (χ1n) is 3.40. The monoisotopic (exact) mass is 129 g/mol. The van der Waals surface area contributed by atoms with Crippen molar-refractivity contribution in [3.8, 4) is 0 Å². The molecule has 0 aromatic heterocycles. The highest BCUT2D eigenvalue weighted by molar-refractivity contribution is 4.87. The first kappa shape index (κ1) is 7.03. The van der Waals surface area contributed by atoms with Crippen LogP contribution in [-0.4, -0.2) is 19.5 Å². The predicted molar refractivity (Wildman–Crippen MR) is 34.9 cm³/mol. The van der Waals surface area contributed by atoms with Crippen molar-refractivity contribution in [1.82, 2.24) is 0 Å². The van der Waals surface area contributed by atoms with E-state index in [9.17, 15) is 0 Å². The van der Waals surface area contributed by atoms with Crippen molar-refractivity contribution in [2.24, 2.45) is 0 Å². The smallest absolute Gasteiger partial charge is 0.163 e. The molecule has 0 atom stereocenters. The van der Waals surface area contributed by atoms with E-state index in [1.54, 1.807) is 0 Å². The average molecular weight is 129 g/mol. The topological polar surface area (TPSA) is 18.5 Å². The molecule has 2 nitrogen and oxygen atoms in total. The lowest BCUT2D eigenvalue weighted by Gasteiger charge is -2.13. The second-order valence-corrected chi connectivity index (χ2v) is 2.27. The SMILES string of the molecule is CC[C](C)C1OCCO1. The average Bonchev–Trinajstić information content (AvgIpc) is 2.37. The van der Waals surface area contributed by atoms with Crippen LogP contribution < -0.4 is 0 Å². The molecule has 1 aliphatic rings. The van der Waals surface area contributed by atoms with E-state index >= 15 is 0 Å². The van der Waals surface area contributed by atoms with E-state index in [-0.39, 0.29) is 6.29 Å². The van der Waals surface area contributed by atoms with Crippen molar-refractivity contribution in [3.63, 3.8) is 0 Å². The maximum absolute atomic E-state index is 5.25. The third-order valence-corrected chi connectivity index (χ3v) is 1.58. The zero-order chi connectivity index (χ0) is 6.69. The summed E-state index contributed by atoms with van der Waals surface area (Å²) in [6.45, 7) is 5.68. The molecule has 0 aliphatic carbocycles. The Labute approximate surface area is 56.2 Å². The summed E-state index contributed by atoms with van der Waals surface area (Å²) in [7, 11) is 0. The van der Waals surface area contributed by atoms with Crippen molar-refractivity contribution in [1.29, 1.82) is 0 Å². The van der Waals surface area contributed by atoms with Crippen molar-refractivity contribution in [2.75, 3.05) is 13.2 Å². The molecule has 0 aromatic carbocycles. The third kappa shape index (κ3) is 1.66. The van der Waals surface area contributed by atoms with Gasteiger partial charge < -0.3 is 9.47 Å². The Morgan fingerprint density at radius 1 is 1.44 bits per heavy atom. The normalized spacial score (nSPS) is 21.7. The quantitative estimate of drug-likeness (QED) is 0.560. The molecule has 1 aliphatic heterocycles. The van der Waals surface area contributed by atoms with E-state index in [1.807, 2.05) is 0 Å². The van der Waals surface area contributed by atoms with Gasteiger partial charge in [0, 0.05) is 5.92 Å². The predicted octanol–water partition coefficient (Wildman–Crippen LogP) is 1.36. The molecule has 0 amide bonds. The zero-order valence-electron chi connectivity index (χ0n) is 6.02. The minimum Gasteiger partial charge on any atom is -0.350 e. The van der Waals surface area contributed by atoms with Crippen LogP contribution in [0, 0.1) is 5.92 Å². The Kier molecular flexibility index (Phi) is 2.49. The Morgan fingerprint density at radius 2 is 2.00 bits per heavy atom. The molecular formula is C7H13O2. The van der Waals surface area contributed by atoms with Gasteiger partial charge in [-0.3, -0.25) is 0 Å². The van der Waals surface area contributed by atoms with Crippen LogP contribution in [0.4, 0.5) is 0 Å². The van der Waals surface area contributed by atoms with E-state index < -0.39 is 0 Å². The molecule has 0 bridgehead atoms. The zero-order valence-corrected chi connectivity index (χ0v) is 6.02. The second-order valence-electron chi connectivity index (χ2n) is 2.27. The summed E-state index contributed by atoms with van der Waals surface area (Å²) in [5.41, 5.74) is 0. The first-order valence-corrected chi connectivity index (χ1v) is 3.40. The summed E-state index contributed by atoms with van der Waals surface area (Å²) in [5, 5.41) is 0. The number of rotatable bonds is 2. The summed E-state index contributed by atoms with van der Waals surface area (Å²) in [6, 6.07) is 0. The Bertz CT molecular complexity index is 77.0. The van der Waals surface area contributed by atoms with E-state index in [1.165, 1.54) is 5.92 Å². The molecular weight excluding hydrogens is 116 g/mol. The van der Waals surface area contributed by atoms with E-state index in [0.717, 1.165) is 19.6 Å². The molecule has 1 radical (unpaired) electrons. The van der Waals surface area contributed by atoms with Crippen molar-refractivity contribution in [2.45, 2.75) is 26.6 Å². The molecule has 1 rings (SSSR count). The second kappa shape index (κ2) is 3.18. The third-order valence-electron chi connectivity index (χ3n) is 1.58. The van der Waals surface area contributed by atoms with Gasteiger partial charge in [0.25, 0.3) is 0 Å². The number of hydrogen-bond donors (Lipinski definition) is 0. The lowest BCUT2D eigenvalue weighted by molar-refractivity contribution is -0.0303. The van der Waals surface area contributed by atoms with Gasteiger partial charge in [-0.1, -0.05) is 13.8 Å². The molecule has 0 unspecified atom stereocenters. The molecule has 1 fully saturated rings. The lowest BCUT2D eigenvalue weighted by Crippen LogP contribution is -2.15. The van der Waals surface area contributed by atoms with Crippen LogP contribution >= 0.6 is 0 Å². The van der Waals surface area contributed by atoms with Gasteiger partial charge >= 0.3 is 0 Å². The highest BCUT2D eigenvalue weighted by atomic mass is 16.7. The summed E-state index contributed by atoms with van der Waals surface area (Å²) < 4.78 is 10.5. The standard InChI is InChI=1S/C7H13O2/c1-3-6(2)7-8-4-5-9-7/h7H,3-5H2,1-2H3. The summed E-state index contributed by atoms with van der Waals surface area (Å²) in [6.07, 6.45) is 1.04. The van der Waals surface area contributed by atoms with Crippen LogP contribution in [-0.2, 0) is 9.47 Å². The molecule has 53 valence electrons. The molecule has 0 spiro atoms. The van der Waals surface area contributed by atoms with Gasteiger partial charge in [-0.05, 0) is 6.42 Å². The molecule has 0 aromatic rings. The molecule has 1 heterocycles. The van der Waals surface area contributed by atoms with E-state index in [4.69, 9.17) is 9.47 Å². The van der Waals surface area contributed by atoms with Gasteiger partial charge in [-0.15, -0.1) is 0 Å². The first-order chi connectivity index (χ1) is 4.34. The van der Waals surface area contributed by atoms with Crippen molar-refractivity contribution in [3.05, 3.63) is 5.92 Å². The minimum absolute atomic E-state index is 0.00463. The highest BCUT2D eigenvalue weighted by Gasteiger charge is 2.21. The van der Waals surface area contributed by atoms with Crippen LogP contribution in [0.5, 0.6) is 0 Å². The van der Waals surface area contributed by atoms with Gasteiger partial charge in [-0.2, -0.15) is 0 Å². The van der Waals surface area contributed by atoms with Gasteiger partial charge in [0.1, 0.15) is 0 Å². The largest absolute Gasteiger partial charge is 0.350 e. The highest BCUT2D eigenvalue weighted by Crippen LogP contribution is 2.18. The van der Waals surface area contributed by atoms with E-state index in [2.05, 4.69) is 13.8 Å². The molecule has 0 saturated carbocycles. The van der Waals surface area contributed by atoms with Crippen molar-refractivity contribution < 1.29 is 9.47 Å². The van der Waals surface area contributed by atoms with Gasteiger partial charge in [0.2, 0.25) is 0 Å². The minimum atomic E-state index is -0.00463. The van der Waals surface area contributed by atoms with Gasteiger partial charge in [0.15, 0.2) is 6.29 Å². The summed E-state index contributed by atoms with van der Waals surface area (Å²) >= 11 is 0. The Hall–Kier alpha value is -0.0800. The Morgan fingerprint density at radius 3 is 2.44 bits per heavy atom. The summed E-state index contributed by atoms with van der Waals surface area (Å²) in [5.74, 6) is 1.28. The fourth-order valence-electron chi connectivity index (χ4n) is 0.810. The van der Waals surface area contributed by atoms with E-state index in [0.29, 0.717) is 0 Å². The van der Waals surface area contributed by atoms with Gasteiger partial charge in [-0.25, -0.2) is 0 Å². The maximum Gasteiger partial charge on any atom is 0.163 e. The summed E-state index contributed by atoms with van der Waals surface area (Å²) in [4.78, 5) is 0. The molecule has 0 N–H and O–H groups in total. The Balaban J connectivity index is 2.24. The van der Waals surface area contributed by atoms with Crippen molar-refractivity contribution >= 4 is 0 Å². The van der Waals surface area contributed by atoms with Crippen LogP contribution in [0.15, 0.2) is 0 Å². The maximum atomic E-state index is 5.25. The molecule has 2 heteroatoms. The fourth-order valence-corrected chi connectivity index (χ4v) is 0.810. The lowest BCUT2D eigenvalue weighted by atomic mass is 10.1. The van der Waals surface area contributed by atoms with Crippen LogP contribution in [0.25, 0.3) is 0 Å². The molecule has 9 heavy (non-hydrogen) atoms.